The van der Waals surface area contributed by atoms with E-state index >= 15 is 0 Å². The number of aliphatic hydroxyl groups excluding tert-OH is 1. The lowest BCUT2D eigenvalue weighted by Gasteiger charge is -2.21. The van der Waals surface area contributed by atoms with Gasteiger partial charge in [-0.15, -0.1) is 0 Å². The standard InChI is InChI=1S/C9H17N3O/c1-9(10,8-13)4-2-6-12-7-3-5-11-12/h3,5,7,13H,2,4,6,8,10H2,1H3. The SMILES string of the molecule is CC(N)(CO)CCCn1cccn1. The van der Waals surface area contributed by atoms with E-state index in [4.69, 9.17) is 10.8 Å². The maximum Gasteiger partial charge on any atom is 0.0608 e. The number of hydrogen-bond acceptors (Lipinski definition) is 3. The monoisotopic (exact) mass is 183 g/mol. The van der Waals surface area contributed by atoms with Gasteiger partial charge in [0.1, 0.15) is 0 Å². The lowest BCUT2D eigenvalue weighted by atomic mass is 9.99. The lowest BCUT2D eigenvalue weighted by molar-refractivity contribution is 0.196. The molecule has 0 bridgehead atoms. The van der Waals surface area contributed by atoms with E-state index in [1.807, 2.05) is 23.9 Å². The minimum Gasteiger partial charge on any atom is -0.394 e. The molecule has 0 amide bonds. The summed E-state index contributed by atoms with van der Waals surface area (Å²) in [6.07, 6.45) is 5.43. The van der Waals surface area contributed by atoms with Crippen LogP contribution in [0.15, 0.2) is 18.5 Å². The minimum atomic E-state index is -0.451. The average Bonchev–Trinajstić information content (AvgIpc) is 2.57. The van der Waals surface area contributed by atoms with E-state index in [1.165, 1.54) is 0 Å². The van der Waals surface area contributed by atoms with E-state index in [-0.39, 0.29) is 6.61 Å². The minimum absolute atomic E-state index is 0.0338. The van der Waals surface area contributed by atoms with Crippen molar-refractivity contribution in [3.05, 3.63) is 18.5 Å². The summed E-state index contributed by atoms with van der Waals surface area (Å²) in [7, 11) is 0. The van der Waals surface area contributed by atoms with Crippen LogP contribution in [-0.2, 0) is 6.54 Å². The molecule has 0 fully saturated rings. The van der Waals surface area contributed by atoms with E-state index in [1.54, 1.807) is 6.20 Å². The van der Waals surface area contributed by atoms with Crippen LogP contribution in [0.3, 0.4) is 0 Å². The Kier molecular flexibility index (Phi) is 3.45. The van der Waals surface area contributed by atoms with Gasteiger partial charge in [-0.3, -0.25) is 4.68 Å². The molecule has 0 aliphatic rings. The van der Waals surface area contributed by atoms with E-state index in [0.717, 1.165) is 19.4 Å². The summed E-state index contributed by atoms with van der Waals surface area (Å²) in [6, 6.07) is 1.90. The van der Waals surface area contributed by atoms with Crippen LogP contribution < -0.4 is 5.73 Å². The number of aliphatic hydroxyl groups is 1. The van der Waals surface area contributed by atoms with Gasteiger partial charge in [-0.2, -0.15) is 5.10 Å². The van der Waals surface area contributed by atoms with Crippen molar-refractivity contribution in [2.24, 2.45) is 5.73 Å². The summed E-state index contributed by atoms with van der Waals surface area (Å²) in [5.41, 5.74) is 5.32. The number of aromatic nitrogens is 2. The molecule has 1 rings (SSSR count). The van der Waals surface area contributed by atoms with Crippen LogP contribution >= 0.6 is 0 Å². The second-order valence-corrected chi connectivity index (χ2v) is 3.68. The maximum atomic E-state index is 8.90. The normalized spacial score (nSPS) is 15.6. The summed E-state index contributed by atoms with van der Waals surface area (Å²) in [5.74, 6) is 0. The molecule has 3 N–H and O–H groups in total. The van der Waals surface area contributed by atoms with Crippen LogP contribution in [0.5, 0.6) is 0 Å². The molecule has 1 unspecified atom stereocenters. The van der Waals surface area contributed by atoms with Gasteiger partial charge in [0.2, 0.25) is 0 Å². The Morgan fingerprint density at radius 1 is 1.62 bits per heavy atom. The molecular formula is C9H17N3O. The van der Waals surface area contributed by atoms with Crippen LogP contribution in [0.4, 0.5) is 0 Å². The van der Waals surface area contributed by atoms with Crippen LogP contribution in [0, 0.1) is 0 Å². The van der Waals surface area contributed by atoms with Crippen molar-refractivity contribution in [2.45, 2.75) is 31.8 Å². The first-order valence-corrected chi connectivity index (χ1v) is 4.51. The summed E-state index contributed by atoms with van der Waals surface area (Å²) < 4.78 is 1.87. The molecular weight excluding hydrogens is 166 g/mol. The first kappa shape index (κ1) is 10.2. The second kappa shape index (κ2) is 4.39. The number of nitrogens with zero attached hydrogens (tertiary/aromatic N) is 2. The molecule has 0 saturated heterocycles. The van der Waals surface area contributed by atoms with Gasteiger partial charge in [-0.05, 0) is 25.8 Å². The molecule has 74 valence electrons. The Morgan fingerprint density at radius 2 is 2.38 bits per heavy atom. The molecule has 4 nitrogen and oxygen atoms in total. The molecule has 0 radical (unpaired) electrons. The Bertz CT molecular complexity index is 231. The van der Waals surface area contributed by atoms with Crippen LogP contribution in [-0.4, -0.2) is 27.0 Å². The molecule has 1 heterocycles. The Hall–Kier alpha value is -0.870. The van der Waals surface area contributed by atoms with E-state index in [9.17, 15) is 0 Å². The van der Waals surface area contributed by atoms with Crippen molar-refractivity contribution < 1.29 is 5.11 Å². The molecule has 0 aliphatic carbocycles. The molecule has 4 heteroatoms. The topological polar surface area (TPSA) is 64.1 Å². The van der Waals surface area contributed by atoms with E-state index in [2.05, 4.69) is 5.10 Å². The largest absolute Gasteiger partial charge is 0.394 e. The lowest BCUT2D eigenvalue weighted by Crippen LogP contribution is -2.40. The molecule has 0 aliphatic heterocycles. The van der Waals surface area contributed by atoms with Gasteiger partial charge < -0.3 is 10.8 Å². The van der Waals surface area contributed by atoms with Crippen LogP contribution in [0.1, 0.15) is 19.8 Å². The zero-order chi connectivity index (χ0) is 9.73. The number of nitrogens with two attached hydrogens (primary N) is 1. The summed E-state index contributed by atoms with van der Waals surface area (Å²) in [5, 5.41) is 13.0. The highest BCUT2D eigenvalue weighted by Crippen LogP contribution is 2.08. The predicted molar refractivity (Wildman–Crippen MR) is 51.1 cm³/mol. The van der Waals surface area contributed by atoms with Crippen molar-refractivity contribution >= 4 is 0 Å². The van der Waals surface area contributed by atoms with Crippen molar-refractivity contribution in [3.63, 3.8) is 0 Å². The van der Waals surface area contributed by atoms with Crippen molar-refractivity contribution in [2.75, 3.05) is 6.61 Å². The molecule has 0 aromatic carbocycles. The summed E-state index contributed by atoms with van der Waals surface area (Å²) in [4.78, 5) is 0. The fraction of sp³-hybridized carbons (Fsp3) is 0.667. The fourth-order valence-corrected chi connectivity index (χ4v) is 1.16. The van der Waals surface area contributed by atoms with Crippen LogP contribution in [0.25, 0.3) is 0 Å². The maximum absolute atomic E-state index is 8.90. The van der Waals surface area contributed by atoms with Gasteiger partial charge in [0.05, 0.1) is 6.61 Å². The zero-order valence-electron chi connectivity index (χ0n) is 7.98. The highest BCUT2D eigenvalue weighted by atomic mass is 16.3. The molecule has 1 aromatic rings. The van der Waals surface area contributed by atoms with Crippen molar-refractivity contribution in [1.82, 2.24) is 9.78 Å². The average molecular weight is 183 g/mol. The van der Waals surface area contributed by atoms with E-state index < -0.39 is 5.54 Å². The molecule has 1 aromatic heterocycles. The number of hydrogen-bond donors (Lipinski definition) is 2. The van der Waals surface area contributed by atoms with Gasteiger partial charge in [-0.25, -0.2) is 0 Å². The third-order valence-electron chi connectivity index (χ3n) is 2.06. The number of rotatable bonds is 5. The summed E-state index contributed by atoms with van der Waals surface area (Å²) in [6.45, 7) is 2.75. The van der Waals surface area contributed by atoms with Gasteiger partial charge in [-0.1, -0.05) is 0 Å². The highest BCUT2D eigenvalue weighted by Gasteiger charge is 2.15. The van der Waals surface area contributed by atoms with Gasteiger partial charge in [0, 0.05) is 24.5 Å². The first-order valence-electron chi connectivity index (χ1n) is 4.51. The van der Waals surface area contributed by atoms with Crippen molar-refractivity contribution in [3.8, 4) is 0 Å². The molecule has 0 spiro atoms. The second-order valence-electron chi connectivity index (χ2n) is 3.68. The first-order chi connectivity index (χ1) is 6.14. The van der Waals surface area contributed by atoms with Gasteiger partial charge in [0.25, 0.3) is 0 Å². The quantitative estimate of drug-likeness (QED) is 0.693. The smallest absolute Gasteiger partial charge is 0.0608 e. The third kappa shape index (κ3) is 3.57. The fourth-order valence-electron chi connectivity index (χ4n) is 1.16. The predicted octanol–water partition coefficient (Wildman–Crippen LogP) is 0.373. The molecule has 0 saturated carbocycles. The third-order valence-corrected chi connectivity index (χ3v) is 2.06. The zero-order valence-corrected chi connectivity index (χ0v) is 7.98. The summed E-state index contributed by atoms with van der Waals surface area (Å²) >= 11 is 0. The van der Waals surface area contributed by atoms with Gasteiger partial charge in [0.15, 0.2) is 0 Å². The van der Waals surface area contributed by atoms with Crippen molar-refractivity contribution in [1.29, 1.82) is 0 Å². The molecule has 1 atom stereocenters. The Balaban J connectivity index is 2.21. The Labute approximate surface area is 78.4 Å². The van der Waals surface area contributed by atoms with Gasteiger partial charge >= 0.3 is 0 Å². The number of aryl methyl sites for hydroxylation is 1. The van der Waals surface area contributed by atoms with Crippen LogP contribution in [0.2, 0.25) is 0 Å². The Morgan fingerprint density at radius 3 is 2.92 bits per heavy atom. The highest BCUT2D eigenvalue weighted by molar-refractivity contribution is 4.79. The van der Waals surface area contributed by atoms with E-state index in [0.29, 0.717) is 0 Å². The molecule has 13 heavy (non-hydrogen) atoms.